The zero-order valence-corrected chi connectivity index (χ0v) is 13.1. The predicted octanol–water partition coefficient (Wildman–Crippen LogP) is 4.37. The van der Waals surface area contributed by atoms with Gasteiger partial charge in [-0.05, 0) is 40.2 Å². The number of anilines is 3. The average molecular weight is 404 g/mol. The minimum absolute atomic E-state index is 0.151. The molecule has 0 heterocycles. The monoisotopic (exact) mass is 402 g/mol. The van der Waals surface area contributed by atoms with Gasteiger partial charge in [-0.25, -0.2) is 9.18 Å². The predicted molar refractivity (Wildman–Crippen MR) is 82.9 cm³/mol. The first kappa shape index (κ1) is 14.8. The minimum atomic E-state index is -1.36. The molecule has 2 aromatic carbocycles. The Balaban J connectivity index is 2.39. The molecule has 2 aromatic rings. The first-order valence-corrected chi connectivity index (χ1v) is 7.01. The zero-order chi connectivity index (χ0) is 14.9. The van der Waals surface area contributed by atoms with Gasteiger partial charge in [0.1, 0.15) is 5.82 Å². The molecule has 0 bridgehead atoms. The highest BCUT2D eigenvalue weighted by Crippen LogP contribution is 2.32. The van der Waals surface area contributed by atoms with Crippen LogP contribution in [0.2, 0.25) is 0 Å². The number of halogens is 3. The number of nitrogens with two attached hydrogens (primary N) is 1. The molecule has 4 N–H and O–H groups in total. The second-order valence-corrected chi connectivity index (χ2v) is 5.74. The van der Waals surface area contributed by atoms with Crippen LogP contribution in [0.15, 0.2) is 39.3 Å². The lowest BCUT2D eigenvalue weighted by Crippen LogP contribution is -2.05. The Hall–Kier alpha value is -1.60. The summed E-state index contributed by atoms with van der Waals surface area (Å²) >= 11 is 6.69. The summed E-state index contributed by atoms with van der Waals surface area (Å²) in [6.07, 6.45) is 0. The molecule has 20 heavy (non-hydrogen) atoms. The maximum atomic E-state index is 13.7. The maximum absolute atomic E-state index is 13.7. The third-order valence-corrected chi connectivity index (χ3v) is 3.72. The number of hydrogen-bond donors (Lipinski definition) is 3. The number of benzene rings is 2. The van der Waals surface area contributed by atoms with Gasteiger partial charge >= 0.3 is 5.97 Å². The van der Waals surface area contributed by atoms with Gasteiger partial charge in [-0.1, -0.05) is 15.9 Å². The van der Waals surface area contributed by atoms with E-state index in [1.807, 2.05) is 12.1 Å². The van der Waals surface area contributed by atoms with Crippen molar-refractivity contribution >= 4 is 54.9 Å². The van der Waals surface area contributed by atoms with Crippen LogP contribution in [0.4, 0.5) is 21.5 Å². The molecule has 0 fully saturated rings. The summed E-state index contributed by atoms with van der Waals surface area (Å²) in [4.78, 5) is 10.8. The molecule has 0 aliphatic carbocycles. The van der Waals surface area contributed by atoms with Gasteiger partial charge in [0.15, 0.2) is 0 Å². The van der Waals surface area contributed by atoms with Crippen molar-refractivity contribution in [2.45, 2.75) is 0 Å². The fourth-order valence-electron chi connectivity index (χ4n) is 1.60. The molecule has 0 aromatic heterocycles. The number of carbonyl (C=O) groups is 1. The summed E-state index contributed by atoms with van der Waals surface area (Å²) in [5.74, 6) is -2.20. The van der Waals surface area contributed by atoms with E-state index in [0.717, 1.165) is 21.1 Å². The smallest absolute Gasteiger partial charge is 0.338 e. The Morgan fingerprint density at radius 1 is 1.20 bits per heavy atom. The van der Waals surface area contributed by atoms with Crippen LogP contribution in [0.3, 0.4) is 0 Å². The first-order valence-electron chi connectivity index (χ1n) is 5.43. The van der Waals surface area contributed by atoms with E-state index in [1.54, 1.807) is 6.07 Å². The van der Waals surface area contributed by atoms with Gasteiger partial charge in [0.25, 0.3) is 0 Å². The van der Waals surface area contributed by atoms with E-state index in [0.29, 0.717) is 11.4 Å². The Bertz CT molecular complexity index is 692. The van der Waals surface area contributed by atoms with Crippen molar-refractivity contribution in [1.82, 2.24) is 0 Å². The van der Waals surface area contributed by atoms with Gasteiger partial charge in [-0.2, -0.15) is 0 Å². The fourth-order valence-corrected chi connectivity index (χ4v) is 2.74. The van der Waals surface area contributed by atoms with Crippen LogP contribution in [0, 0.1) is 5.82 Å². The van der Waals surface area contributed by atoms with Crippen molar-refractivity contribution in [3.8, 4) is 0 Å². The lowest BCUT2D eigenvalue weighted by Gasteiger charge is -2.12. The van der Waals surface area contributed by atoms with Crippen molar-refractivity contribution in [3.05, 3.63) is 50.7 Å². The largest absolute Gasteiger partial charge is 0.478 e. The van der Waals surface area contributed by atoms with E-state index in [-0.39, 0.29) is 5.69 Å². The van der Waals surface area contributed by atoms with Crippen molar-refractivity contribution in [1.29, 1.82) is 0 Å². The fraction of sp³-hybridized carbons (Fsp3) is 0. The average Bonchev–Trinajstić information content (AvgIpc) is 2.36. The molecule has 0 aliphatic heterocycles. The quantitative estimate of drug-likeness (QED) is 0.665. The topological polar surface area (TPSA) is 75.4 Å². The van der Waals surface area contributed by atoms with E-state index in [4.69, 9.17) is 10.8 Å². The second-order valence-electron chi connectivity index (χ2n) is 3.97. The Morgan fingerprint density at radius 3 is 2.50 bits per heavy atom. The molecule has 104 valence electrons. The number of nitrogen functional groups attached to an aromatic ring is 1. The number of aromatic carboxylic acids is 1. The van der Waals surface area contributed by atoms with Crippen LogP contribution in [-0.4, -0.2) is 11.1 Å². The molecule has 0 saturated carbocycles. The van der Waals surface area contributed by atoms with Crippen LogP contribution in [0.1, 0.15) is 10.4 Å². The highest BCUT2D eigenvalue weighted by atomic mass is 79.9. The van der Waals surface area contributed by atoms with Crippen molar-refractivity contribution in [2.24, 2.45) is 0 Å². The molecule has 0 amide bonds. The summed E-state index contributed by atoms with van der Waals surface area (Å²) in [7, 11) is 0. The molecule has 0 unspecified atom stereocenters. The van der Waals surface area contributed by atoms with E-state index in [2.05, 4.69) is 37.2 Å². The number of carboxylic acids is 1. The molecular weight excluding hydrogens is 395 g/mol. The molecule has 7 heteroatoms. The van der Waals surface area contributed by atoms with Gasteiger partial charge in [-0.15, -0.1) is 0 Å². The highest BCUT2D eigenvalue weighted by molar-refractivity contribution is 9.11. The third-order valence-electron chi connectivity index (χ3n) is 2.57. The Morgan fingerprint density at radius 2 is 1.90 bits per heavy atom. The normalized spacial score (nSPS) is 10.3. The van der Waals surface area contributed by atoms with E-state index in [1.165, 1.54) is 0 Å². The zero-order valence-electron chi connectivity index (χ0n) is 9.95. The lowest BCUT2D eigenvalue weighted by atomic mass is 10.1. The van der Waals surface area contributed by atoms with Gasteiger partial charge in [-0.3, -0.25) is 0 Å². The Kier molecular flexibility index (Phi) is 4.29. The number of carboxylic acid groups (broad SMARTS) is 1. The third kappa shape index (κ3) is 3.10. The standard InChI is InChI=1S/C13H9Br2FN2O2/c14-6-1-2-11(8(15)3-6)18-12-5-9(16)7(13(19)20)4-10(12)17/h1-5,18H,17H2,(H,19,20). The van der Waals surface area contributed by atoms with Crippen LogP contribution < -0.4 is 11.1 Å². The summed E-state index contributed by atoms with van der Waals surface area (Å²) in [5, 5.41) is 11.8. The molecule has 0 atom stereocenters. The highest BCUT2D eigenvalue weighted by Gasteiger charge is 2.14. The number of nitrogens with one attached hydrogen (secondary N) is 1. The first-order chi connectivity index (χ1) is 9.38. The molecule has 0 saturated heterocycles. The van der Waals surface area contributed by atoms with Crippen LogP contribution in [0.25, 0.3) is 0 Å². The molecule has 0 radical (unpaired) electrons. The minimum Gasteiger partial charge on any atom is -0.478 e. The summed E-state index contributed by atoms with van der Waals surface area (Å²) in [6.45, 7) is 0. The van der Waals surface area contributed by atoms with Crippen LogP contribution >= 0.6 is 31.9 Å². The summed E-state index contributed by atoms with van der Waals surface area (Å²) in [5.41, 5.74) is 6.42. The van der Waals surface area contributed by atoms with Crippen LogP contribution in [0.5, 0.6) is 0 Å². The van der Waals surface area contributed by atoms with E-state index in [9.17, 15) is 9.18 Å². The van der Waals surface area contributed by atoms with E-state index < -0.39 is 17.3 Å². The van der Waals surface area contributed by atoms with Gasteiger partial charge in [0, 0.05) is 15.0 Å². The maximum Gasteiger partial charge on any atom is 0.338 e. The van der Waals surface area contributed by atoms with Gasteiger partial charge in [0.2, 0.25) is 0 Å². The molecule has 0 spiro atoms. The van der Waals surface area contributed by atoms with Crippen LogP contribution in [-0.2, 0) is 0 Å². The molecule has 0 aliphatic rings. The van der Waals surface area contributed by atoms with Crippen molar-refractivity contribution < 1.29 is 14.3 Å². The second kappa shape index (κ2) is 5.80. The van der Waals surface area contributed by atoms with E-state index >= 15 is 0 Å². The Labute approximate surface area is 131 Å². The van der Waals surface area contributed by atoms with Gasteiger partial charge in [0.05, 0.1) is 22.6 Å². The SMILES string of the molecule is Nc1cc(C(=O)O)c(F)cc1Nc1ccc(Br)cc1Br. The molecular formula is C13H9Br2FN2O2. The summed E-state index contributed by atoms with van der Waals surface area (Å²) in [6, 6.07) is 7.56. The number of hydrogen-bond acceptors (Lipinski definition) is 3. The number of rotatable bonds is 3. The van der Waals surface area contributed by atoms with Crippen molar-refractivity contribution in [2.75, 3.05) is 11.1 Å². The van der Waals surface area contributed by atoms with Gasteiger partial charge < -0.3 is 16.2 Å². The lowest BCUT2D eigenvalue weighted by molar-refractivity contribution is 0.0692. The summed E-state index contributed by atoms with van der Waals surface area (Å²) < 4.78 is 15.3. The molecule has 4 nitrogen and oxygen atoms in total. The van der Waals surface area contributed by atoms with Crippen molar-refractivity contribution in [3.63, 3.8) is 0 Å². The molecule has 2 rings (SSSR count).